The highest BCUT2D eigenvalue weighted by molar-refractivity contribution is 5.82. The van der Waals surface area contributed by atoms with Gasteiger partial charge in [0.05, 0.1) is 6.04 Å². The van der Waals surface area contributed by atoms with E-state index in [-0.39, 0.29) is 17.7 Å². The molecular weight excluding hydrogens is 254 g/mol. The van der Waals surface area contributed by atoms with Crippen molar-refractivity contribution in [2.45, 2.75) is 26.3 Å². The van der Waals surface area contributed by atoms with Gasteiger partial charge >= 0.3 is 0 Å². The summed E-state index contributed by atoms with van der Waals surface area (Å²) in [5.74, 6) is -0.272. The van der Waals surface area contributed by atoms with Crippen molar-refractivity contribution in [3.63, 3.8) is 0 Å². The molecule has 0 fully saturated rings. The van der Waals surface area contributed by atoms with Crippen LogP contribution in [0.25, 0.3) is 0 Å². The number of amides is 2. The number of carbonyl (C=O) groups excluding carboxylic acids is 2. The van der Waals surface area contributed by atoms with Crippen LogP contribution in [0.3, 0.4) is 0 Å². The van der Waals surface area contributed by atoms with Gasteiger partial charge in [0.2, 0.25) is 11.8 Å². The van der Waals surface area contributed by atoms with Crippen molar-refractivity contribution in [1.82, 2.24) is 10.6 Å². The number of hydrogen-bond acceptors (Lipinski definition) is 3. The summed E-state index contributed by atoms with van der Waals surface area (Å²) in [5.41, 5.74) is 6.87. The number of nitrogens with one attached hydrogen (secondary N) is 2. The van der Waals surface area contributed by atoms with Crippen LogP contribution in [0.5, 0.6) is 0 Å². The van der Waals surface area contributed by atoms with Gasteiger partial charge < -0.3 is 16.4 Å². The molecule has 5 nitrogen and oxygen atoms in total. The van der Waals surface area contributed by atoms with Crippen LogP contribution in [-0.4, -0.2) is 30.9 Å². The van der Waals surface area contributed by atoms with Gasteiger partial charge in [0.15, 0.2) is 0 Å². The highest BCUT2D eigenvalue weighted by atomic mass is 16.2. The zero-order chi connectivity index (χ0) is 15.0. The van der Waals surface area contributed by atoms with E-state index in [0.717, 1.165) is 5.56 Å². The first-order valence-corrected chi connectivity index (χ1v) is 6.85. The van der Waals surface area contributed by atoms with Crippen LogP contribution in [0, 0.1) is 5.92 Å². The summed E-state index contributed by atoms with van der Waals surface area (Å²) >= 11 is 0. The van der Waals surface area contributed by atoms with Gasteiger partial charge in [-0.1, -0.05) is 44.2 Å². The number of rotatable bonds is 7. The lowest BCUT2D eigenvalue weighted by atomic mass is 10.1. The Balaban J connectivity index is 2.24. The summed E-state index contributed by atoms with van der Waals surface area (Å²) in [5, 5.41) is 5.45. The monoisotopic (exact) mass is 277 g/mol. The van der Waals surface area contributed by atoms with Crippen molar-refractivity contribution < 1.29 is 9.59 Å². The molecule has 0 saturated carbocycles. The molecule has 110 valence electrons. The first-order valence-electron chi connectivity index (χ1n) is 6.85. The lowest BCUT2D eigenvalue weighted by Gasteiger charge is -2.13. The molecule has 0 radical (unpaired) electrons. The van der Waals surface area contributed by atoms with Crippen LogP contribution in [0.2, 0.25) is 0 Å². The highest BCUT2D eigenvalue weighted by Crippen LogP contribution is 2.01. The average Bonchev–Trinajstić information content (AvgIpc) is 2.43. The van der Waals surface area contributed by atoms with E-state index < -0.39 is 6.04 Å². The summed E-state index contributed by atoms with van der Waals surface area (Å²) in [7, 11) is 0. The molecule has 4 N–H and O–H groups in total. The van der Waals surface area contributed by atoms with Gasteiger partial charge in [-0.2, -0.15) is 0 Å². The van der Waals surface area contributed by atoms with Gasteiger partial charge in [-0.25, -0.2) is 0 Å². The number of benzene rings is 1. The van der Waals surface area contributed by atoms with E-state index >= 15 is 0 Å². The Labute approximate surface area is 119 Å². The van der Waals surface area contributed by atoms with E-state index in [1.54, 1.807) is 0 Å². The Bertz CT molecular complexity index is 432. The van der Waals surface area contributed by atoms with Crippen molar-refractivity contribution in [2.24, 2.45) is 11.7 Å². The van der Waals surface area contributed by atoms with Crippen LogP contribution < -0.4 is 16.4 Å². The molecule has 2 amide bonds. The molecule has 0 spiro atoms. The molecule has 0 bridgehead atoms. The molecule has 20 heavy (non-hydrogen) atoms. The summed E-state index contributed by atoms with van der Waals surface area (Å²) in [4.78, 5) is 23.1. The Kier molecular flexibility index (Phi) is 6.73. The Morgan fingerprint density at radius 2 is 1.60 bits per heavy atom. The molecule has 0 aliphatic heterocycles. The number of hydrogen-bond donors (Lipinski definition) is 3. The standard InChI is InChI=1S/C15H23N3O2/c1-11(2)14(19)17-8-9-18-15(20)13(16)10-12-6-4-3-5-7-12/h3-7,11,13H,8-10,16H2,1-2H3,(H,17,19)(H,18,20)/t13-/m1/s1. The fourth-order valence-corrected chi connectivity index (χ4v) is 1.67. The zero-order valence-corrected chi connectivity index (χ0v) is 12.1. The lowest BCUT2D eigenvalue weighted by Crippen LogP contribution is -2.44. The molecule has 1 aromatic rings. The van der Waals surface area contributed by atoms with E-state index in [9.17, 15) is 9.59 Å². The molecular formula is C15H23N3O2. The average molecular weight is 277 g/mol. The second kappa shape index (κ2) is 8.32. The van der Waals surface area contributed by atoms with E-state index in [1.165, 1.54) is 0 Å². The molecule has 0 aromatic heterocycles. The molecule has 1 rings (SSSR count). The van der Waals surface area contributed by atoms with Gasteiger partial charge in [0, 0.05) is 19.0 Å². The van der Waals surface area contributed by atoms with Crippen molar-refractivity contribution in [2.75, 3.05) is 13.1 Å². The molecule has 0 saturated heterocycles. The van der Waals surface area contributed by atoms with Gasteiger partial charge in [-0.05, 0) is 12.0 Å². The van der Waals surface area contributed by atoms with Crippen LogP contribution in [0.15, 0.2) is 30.3 Å². The van der Waals surface area contributed by atoms with Gasteiger partial charge in [-0.3, -0.25) is 9.59 Å². The van der Waals surface area contributed by atoms with E-state index in [4.69, 9.17) is 5.73 Å². The Morgan fingerprint density at radius 1 is 1.05 bits per heavy atom. The van der Waals surface area contributed by atoms with Gasteiger partial charge in [0.1, 0.15) is 0 Å². The fourth-order valence-electron chi connectivity index (χ4n) is 1.67. The Hall–Kier alpha value is -1.88. The van der Waals surface area contributed by atoms with Crippen molar-refractivity contribution in [3.05, 3.63) is 35.9 Å². The minimum absolute atomic E-state index is 0.0205. The number of carbonyl (C=O) groups is 2. The van der Waals surface area contributed by atoms with E-state index in [1.807, 2.05) is 44.2 Å². The Morgan fingerprint density at radius 3 is 2.15 bits per heavy atom. The maximum atomic E-state index is 11.8. The smallest absolute Gasteiger partial charge is 0.237 e. The van der Waals surface area contributed by atoms with Gasteiger partial charge in [0.25, 0.3) is 0 Å². The molecule has 1 aromatic carbocycles. The van der Waals surface area contributed by atoms with Crippen LogP contribution in [-0.2, 0) is 16.0 Å². The van der Waals surface area contributed by atoms with E-state index in [2.05, 4.69) is 10.6 Å². The highest BCUT2D eigenvalue weighted by Gasteiger charge is 2.13. The van der Waals surface area contributed by atoms with E-state index in [0.29, 0.717) is 19.5 Å². The molecule has 0 heterocycles. The maximum absolute atomic E-state index is 11.8. The zero-order valence-electron chi connectivity index (χ0n) is 12.1. The largest absolute Gasteiger partial charge is 0.354 e. The summed E-state index contributed by atoms with van der Waals surface area (Å²) in [6, 6.07) is 9.07. The topological polar surface area (TPSA) is 84.2 Å². The van der Waals surface area contributed by atoms with Crippen molar-refractivity contribution in [1.29, 1.82) is 0 Å². The molecule has 1 atom stereocenters. The third kappa shape index (κ3) is 5.84. The SMILES string of the molecule is CC(C)C(=O)NCCNC(=O)[C@H](N)Cc1ccccc1. The van der Waals surface area contributed by atoms with Crippen molar-refractivity contribution in [3.8, 4) is 0 Å². The lowest BCUT2D eigenvalue weighted by molar-refractivity contribution is -0.125. The predicted molar refractivity (Wildman–Crippen MR) is 79.0 cm³/mol. The first kappa shape index (κ1) is 16.2. The third-order valence-corrected chi connectivity index (χ3v) is 2.88. The van der Waals surface area contributed by atoms with Crippen molar-refractivity contribution >= 4 is 11.8 Å². The normalized spacial score (nSPS) is 12.0. The molecule has 0 aliphatic rings. The molecule has 5 heteroatoms. The predicted octanol–water partition coefficient (Wildman–Crippen LogP) is 0.445. The summed E-state index contributed by atoms with van der Waals surface area (Å²) < 4.78 is 0. The van der Waals surface area contributed by atoms with Crippen LogP contribution >= 0.6 is 0 Å². The minimum atomic E-state index is -0.571. The summed E-state index contributed by atoms with van der Waals surface area (Å²) in [6.45, 7) is 4.45. The minimum Gasteiger partial charge on any atom is -0.354 e. The third-order valence-electron chi connectivity index (χ3n) is 2.88. The number of nitrogens with two attached hydrogens (primary N) is 1. The summed E-state index contributed by atoms with van der Waals surface area (Å²) in [6.07, 6.45) is 0.505. The molecule has 0 unspecified atom stereocenters. The first-order chi connectivity index (χ1) is 9.50. The fraction of sp³-hybridized carbons (Fsp3) is 0.467. The second-order valence-corrected chi connectivity index (χ2v) is 5.03. The molecule has 0 aliphatic carbocycles. The van der Waals surface area contributed by atoms with Crippen LogP contribution in [0.1, 0.15) is 19.4 Å². The second-order valence-electron chi connectivity index (χ2n) is 5.03. The van der Waals surface area contributed by atoms with Crippen LogP contribution in [0.4, 0.5) is 0 Å². The maximum Gasteiger partial charge on any atom is 0.237 e. The quantitative estimate of drug-likeness (QED) is 0.632. The van der Waals surface area contributed by atoms with Gasteiger partial charge in [-0.15, -0.1) is 0 Å².